The number of rotatable bonds is 4. The first kappa shape index (κ1) is 18.7. The van der Waals surface area contributed by atoms with Gasteiger partial charge in [-0.3, -0.25) is 19.8 Å². The third-order valence-corrected chi connectivity index (χ3v) is 5.04. The third-order valence-electron chi connectivity index (χ3n) is 3.74. The lowest BCUT2D eigenvalue weighted by atomic mass is 10.2. The van der Waals surface area contributed by atoms with Gasteiger partial charge in [-0.25, -0.2) is 4.79 Å². The molecule has 3 rings (SSSR count). The number of nitrogens with zero attached hydrogens (tertiary/aromatic N) is 2. The molecule has 1 aliphatic rings. The second kappa shape index (κ2) is 7.68. The molecule has 2 aromatic rings. The molecule has 9 heteroatoms. The highest BCUT2D eigenvalue weighted by Gasteiger charge is 2.33. The third kappa shape index (κ3) is 3.88. The van der Waals surface area contributed by atoms with Crippen LogP contribution in [0.2, 0.25) is 0 Å². The zero-order chi connectivity index (χ0) is 19.6. The first-order valence-corrected chi connectivity index (χ1v) is 8.84. The van der Waals surface area contributed by atoms with Crippen LogP contribution in [0.3, 0.4) is 0 Å². The van der Waals surface area contributed by atoms with Gasteiger partial charge < -0.3 is 4.74 Å². The molecule has 0 radical (unpaired) electrons. The van der Waals surface area contributed by atoms with E-state index in [1.807, 2.05) is 0 Å². The van der Waals surface area contributed by atoms with Crippen molar-refractivity contribution < 1.29 is 19.2 Å². The second-order valence-corrected chi connectivity index (χ2v) is 7.08. The van der Waals surface area contributed by atoms with Crippen molar-refractivity contribution in [2.45, 2.75) is 0 Å². The summed E-state index contributed by atoms with van der Waals surface area (Å²) in [7, 11) is 1.29. The number of carbonyl (C=O) groups is 2. The minimum Gasteiger partial charge on any atom is -0.465 e. The first-order valence-electron chi connectivity index (χ1n) is 7.61. The van der Waals surface area contributed by atoms with Crippen LogP contribution in [-0.2, 0) is 9.53 Å². The molecule has 0 N–H and O–H groups in total. The Kier molecular flexibility index (Phi) is 5.33. The lowest BCUT2D eigenvalue weighted by molar-refractivity contribution is -0.384. The highest BCUT2D eigenvalue weighted by atomic mass is 32.2. The molecule has 1 aliphatic heterocycles. The Balaban J connectivity index is 1.84. The SMILES string of the molecule is COC(=O)c1ccc(N2C(=O)/C(=C/c3ccc([N+](=O)[O-])cc3)SC2=S)cc1. The van der Waals surface area contributed by atoms with Crippen LogP contribution in [0, 0.1) is 10.1 Å². The van der Waals surface area contributed by atoms with Gasteiger partial charge in [-0.2, -0.15) is 0 Å². The quantitative estimate of drug-likeness (QED) is 0.254. The Morgan fingerprint density at radius 3 is 2.37 bits per heavy atom. The number of amides is 1. The van der Waals surface area contributed by atoms with Crippen molar-refractivity contribution in [2.75, 3.05) is 12.0 Å². The van der Waals surface area contributed by atoms with Gasteiger partial charge in [-0.15, -0.1) is 0 Å². The maximum Gasteiger partial charge on any atom is 0.337 e. The summed E-state index contributed by atoms with van der Waals surface area (Å²) in [5.41, 5.74) is 1.54. The second-order valence-electron chi connectivity index (χ2n) is 5.40. The summed E-state index contributed by atoms with van der Waals surface area (Å²) < 4.78 is 5.01. The predicted octanol–water partition coefficient (Wildman–Crippen LogP) is 3.79. The summed E-state index contributed by atoms with van der Waals surface area (Å²) in [4.78, 5) is 36.2. The molecule has 7 nitrogen and oxygen atoms in total. The number of methoxy groups -OCH3 is 1. The summed E-state index contributed by atoms with van der Waals surface area (Å²) in [5, 5.41) is 10.7. The van der Waals surface area contributed by atoms with Gasteiger partial charge in [-0.1, -0.05) is 24.0 Å². The Labute approximate surface area is 163 Å². The van der Waals surface area contributed by atoms with Crippen molar-refractivity contribution in [1.82, 2.24) is 0 Å². The fraction of sp³-hybridized carbons (Fsp3) is 0.0556. The molecule has 1 heterocycles. The standard InChI is InChI=1S/C18H12N2O5S2/c1-25-17(22)12-4-8-13(9-5-12)19-16(21)15(27-18(19)26)10-11-2-6-14(7-3-11)20(23)24/h2-10H,1H3/b15-10-. The van der Waals surface area contributed by atoms with E-state index < -0.39 is 10.9 Å². The van der Waals surface area contributed by atoms with Crippen molar-refractivity contribution in [3.8, 4) is 0 Å². The Bertz CT molecular complexity index is 968. The van der Waals surface area contributed by atoms with Crippen LogP contribution in [0.1, 0.15) is 15.9 Å². The fourth-order valence-corrected chi connectivity index (χ4v) is 3.70. The smallest absolute Gasteiger partial charge is 0.337 e. The van der Waals surface area contributed by atoms with Crippen molar-refractivity contribution in [1.29, 1.82) is 0 Å². The maximum absolute atomic E-state index is 12.7. The van der Waals surface area contributed by atoms with E-state index in [1.54, 1.807) is 42.5 Å². The molecule has 0 spiro atoms. The van der Waals surface area contributed by atoms with Gasteiger partial charge in [0.1, 0.15) is 0 Å². The van der Waals surface area contributed by atoms with Crippen LogP contribution in [0.25, 0.3) is 6.08 Å². The Morgan fingerprint density at radius 1 is 1.19 bits per heavy atom. The molecule has 136 valence electrons. The van der Waals surface area contributed by atoms with Crippen molar-refractivity contribution in [3.05, 3.63) is 74.7 Å². The molecule has 0 aliphatic carbocycles. The van der Waals surface area contributed by atoms with E-state index in [9.17, 15) is 19.7 Å². The van der Waals surface area contributed by atoms with Gasteiger partial charge in [0.2, 0.25) is 0 Å². The minimum atomic E-state index is -0.485. The predicted molar refractivity (Wildman–Crippen MR) is 107 cm³/mol. The number of benzene rings is 2. The summed E-state index contributed by atoms with van der Waals surface area (Å²) in [5.74, 6) is -0.765. The number of nitro benzene ring substituents is 1. The van der Waals surface area contributed by atoms with E-state index in [-0.39, 0.29) is 11.6 Å². The van der Waals surface area contributed by atoms with Crippen molar-refractivity contribution in [3.63, 3.8) is 0 Å². The van der Waals surface area contributed by atoms with Crippen molar-refractivity contribution >= 4 is 57.6 Å². The van der Waals surface area contributed by atoms with Crippen LogP contribution in [-0.4, -0.2) is 28.2 Å². The van der Waals surface area contributed by atoms with Crippen LogP contribution in [0.4, 0.5) is 11.4 Å². The molecular weight excluding hydrogens is 388 g/mol. The first-order chi connectivity index (χ1) is 12.9. The highest BCUT2D eigenvalue weighted by molar-refractivity contribution is 8.27. The maximum atomic E-state index is 12.7. The largest absolute Gasteiger partial charge is 0.465 e. The Hall–Kier alpha value is -3.04. The Morgan fingerprint density at radius 2 is 1.81 bits per heavy atom. The zero-order valence-electron chi connectivity index (χ0n) is 13.9. The number of thiocarbonyl (C=S) groups is 1. The fourth-order valence-electron chi connectivity index (χ4n) is 2.40. The summed E-state index contributed by atoms with van der Waals surface area (Å²) in [6.45, 7) is 0. The van der Waals surface area contributed by atoms with E-state index >= 15 is 0 Å². The number of ether oxygens (including phenoxy) is 1. The van der Waals surface area contributed by atoms with Crippen LogP contribution in [0.15, 0.2) is 53.4 Å². The van der Waals surface area contributed by atoms with E-state index in [0.717, 1.165) is 11.8 Å². The molecule has 0 atom stereocenters. The van der Waals surface area contributed by atoms with Gasteiger partial charge in [0.25, 0.3) is 11.6 Å². The molecular formula is C18H12N2O5S2. The number of thioether (sulfide) groups is 1. The minimum absolute atomic E-state index is 0.0228. The highest BCUT2D eigenvalue weighted by Crippen LogP contribution is 2.36. The average Bonchev–Trinajstić information content (AvgIpc) is 2.95. The van der Waals surface area contributed by atoms with Gasteiger partial charge in [-0.05, 0) is 48.0 Å². The van der Waals surface area contributed by atoms with Crippen LogP contribution >= 0.6 is 24.0 Å². The van der Waals surface area contributed by atoms with E-state index in [0.29, 0.717) is 26.0 Å². The molecule has 1 fully saturated rings. The number of esters is 1. The number of non-ortho nitro benzene ring substituents is 1. The molecule has 0 aromatic heterocycles. The monoisotopic (exact) mass is 400 g/mol. The van der Waals surface area contributed by atoms with Gasteiger partial charge >= 0.3 is 5.97 Å². The van der Waals surface area contributed by atoms with E-state index in [2.05, 4.69) is 4.74 Å². The lowest BCUT2D eigenvalue weighted by Crippen LogP contribution is -2.27. The molecule has 0 unspecified atom stereocenters. The normalized spacial score (nSPS) is 15.3. The van der Waals surface area contributed by atoms with Gasteiger partial charge in [0.15, 0.2) is 4.32 Å². The summed E-state index contributed by atoms with van der Waals surface area (Å²) >= 11 is 6.44. The van der Waals surface area contributed by atoms with E-state index in [1.165, 1.54) is 24.1 Å². The van der Waals surface area contributed by atoms with Gasteiger partial charge in [0, 0.05) is 12.1 Å². The molecule has 27 heavy (non-hydrogen) atoms. The van der Waals surface area contributed by atoms with Crippen molar-refractivity contribution in [2.24, 2.45) is 0 Å². The summed E-state index contributed by atoms with van der Waals surface area (Å²) in [6, 6.07) is 12.2. The number of hydrogen-bond acceptors (Lipinski definition) is 7. The van der Waals surface area contributed by atoms with E-state index in [4.69, 9.17) is 12.2 Å². The average molecular weight is 400 g/mol. The molecule has 1 saturated heterocycles. The number of anilines is 1. The number of hydrogen-bond donors (Lipinski definition) is 0. The molecule has 2 aromatic carbocycles. The molecule has 0 bridgehead atoms. The van der Waals surface area contributed by atoms with Gasteiger partial charge in [0.05, 0.1) is 28.2 Å². The zero-order valence-corrected chi connectivity index (χ0v) is 15.6. The molecule has 0 saturated carbocycles. The lowest BCUT2D eigenvalue weighted by Gasteiger charge is -2.14. The number of carbonyl (C=O) groups excluding carboxylic acids is 2. The van der Waals surface area contributed by atoms with Crippen LogP contribution in [0.5, 0.6) is 0 Å². The topological polar surface area (TPSA) is 89.8 Å². The summed E-state index contributed by atoms with van der Waals surface area (Å²) in [6.07, 6.45) is 1.63. The van der Waals surface area contributed by atoms with Crippen LogP contribution < -0.4 is 4.90 Å². The number of nitro groups is 1. The molecule has 1 amide bonds.